The average molecular weight is 208 g/mol. The van der Waals surface area contributed by atoms with Crippen molar-refractivity contribution < 1.29 is 14.2 Å². The molecule has 0 radical (unpaired) electrons. The van der Waals surface area contributed by atoms with Gasteiger partial charge in [-0.05, 0) is 0 Å². The summed E-state index contributed by atoms with van der Waals surface area (Å²) in [6, 6.07) is 4.09. The number of ether oxygens (including phenoxy) is 3. The molecule has 0 aliphatic rings. The Morgan fingerprint density at radius 1 is 1.00 bits per heavy atom. The van der Waals surface area contributed by atoms with Gasteiger partial charge in [0.15, 0.2) is 11.5 Å². The molecule has 0 fully saturated rings. The van der Waals surface area contributed by atoms with E-state index in [1.165, 1.54) is 0 Å². The van der Waals surface area contributed by atoms with E-state index in [0.29, 0.717) is 17.5 Å². The van der Waals surface area contributed by atoms with Crippen LogP contribution in [0.4, 0.5) is 0 Å². The van der Waals surface area contributed by atoms with Crippen molar-refractivity contribution in [2.75, 3.05) is 21.3 Å². The van der Waals surface area contributed by atoms with E-state index < -0.39 is 0 Å². The average Bonchev–Trinajstić information content (AvgIpc) is 2.68. The van der Waals surface area contributed by atoms with E-state index >= 15 is 0 Å². The number of benzene rings is 1. The molecule has 1 heterocycles. The summed E-state index contributed by atoms with van der Waals surface area (Å²) in [5.41, 5.74) is 1.63. The predicted octanol–water partition coefficient (Wildman–Crippen LogP) is 1.59. The van der Waals surface area contributed by atoms with Gasteiger partial charge in [-0.3, -0.25) is 0 Å². The van der Waals surface area contributed by atoms with Gasteiger partial charge in [0.1, 0.15) is 0 Å². The van der Waals surface area contributed by atoms with Crippen LogP contribution in [0.2, 0.25) is 0 Å². The summed E-state index contributed by atoms with van der Waals surface area (Å²) in [7, 11) is 4.75. The number of hydrogen-bond acceptors (Lipinski definition) is 4. The van der Waals surface area contributed by atoms with Crippen molar-refractivity contribution in [3.05, 3.63) is 12.1 Å². The molecule has 0 aliphatic carbocycles. The van der Waals surface area contributed by atoms with Crippen molar-refractivity contribution >= 4 is 11.0 Å². The van der Waals surface area contributed by atoms with Gasteiger partial charge in [-0.15, -0.1) is 0 Å². The van der Waals surface area contributed by atoms with E-state index in [2.05, 4.69) is 9.97 Å². The summed E-state index contributed by atoms with van der Waals surface area (Å²) >= 11 is 0. The fraction of sp³-hybridized carbons (Fsp3) is 0.300. The number of imidazole rings is 1. The Morgan fingerprint density at radius 3 is 2.27 bits per heavy atom. The van der Waals surface area contributed by atoms with Crippen molar-refractivity contribution in [2.45, 2.75) is 0 Å². The van der Waals surface area contributed by atoms with Crippen LogP contribution in [-0.4, -0.2) is 31.3 Å². The van der Waals surface area contributed by atoms with Crippen LogP contribution in [0.1, 0.15) is 0 Å². The standard InChI is InChI=1S/C10H12N2O3/c1-13-8-4-6-7(5-9(8)14-2)12-10(11-6)15-3/h4-5H,1-3H3,(H,11,12). The quantitative estimate of drug-likeness (QED) is 0.832. The minimum Gasteiger partial charge on any atom is -0.493 e. The van der Waals surface area contributed by atoms with Gasteiger partial charge in [0, 0.05) is 12.1 Å². The van der Waals surface area contributed by atoms with Gasteiger partial charge in [0.25, 0.3) is 6.01 Å². The minimum atomic E-state index is 0.473. The number of methoxy groups -OCH3 is 3. The van der Waals surface area contributed by atoms with Crippen LogP contribution >= 0.6 is 0 Å². The third-order valence-electron chi connectivity index (χ3n) is 2.16. The number of rotatable bonds is 3. The normalized spacial score (nSPS) is 10.3. The summed E-state index contributed by atoms with van der Waals surface area (Å²) in [5.74, 6) is 1.32. The summed E-state index contributed by atoms with van der Waals surface area (Å²) in [6.45, 7) is 0. The highest BCUT2D eigenvalue weighted by molar-refractivity contribution is 5.80. The van der Waals surface area contributed by atoms with Crippen molar-refractivity contribution in [1.29, 1.82) is 0 Å². The van der Waals surface area contributed by atoms with Crippen LogP contribution < -0.4 is 14.2 Å². The number of fused-ring (bicyclic) bond motifs is 1. The molecule has 5 nitrogen and oxygen atoms in total. The number of nitrogens with zero attached hydrogens (tertiary/aromatic N) is 1. The van der Waals surface area contributed by atoms with Crippen LogP contribution in [0.15, 0.2) is 12.1 Å². The topological polar surface area (TPSA) is 56.4 Å². The van der Waals surface area contributed by atoms with E-state index in [1.54, 1.807) is 27.4 Å². The number of aromatic nitrogens is 2. The molecule has 0 aliphatic heterocycles. The number of hydrogen-bond donors (Lipinski definition) is 1. The van der Waals surface area contributed by atoms with E-state index in [9.17, 15) is 0 Å². The lowest BCUT2D eigenvalue weighted by molar-refractivity contribution is 0.356. The van der Waals surface area contributed by atoms with E-state index in [1.807, 2.05) is 6.07 Å². The van der Waals surface area contributed by atoms with E-state index in [0.717, 1.165) is 11.0 Å². The van der Waals surface area contributed by atoms with Gasteiger partial charge >= 0.3 is 0 Å². The zero-order valence-electron chi connectivity index (χ0n) is 8.83. The molecule has 0 bridgehead atoms. The zero-order chi connectivity index (χ0) is 10.8. The fourth-order valence-electron chi connectivity index (χ4n) is 1.41. The number of H-pyrrole nitrogens is 1. The molecule has 5 heteroatoms. The van der Waals surface area contributed by atoms with Gasteiger partial charge in [-0.1, -0.05) is 0 Å². The monoisotopic (exact) mass is 208 g/mol. The van der Waals surface area contributed by atoms with Crippen LogP contribution in [0.5, 0.6) is 17.5 Å². The van der Waals surface area contributed by atoms with E-state index in [4.69, 9.17) is 14.2 Å². The lowest BCUT2D eigenvalue weighted by Crippen LogP contribution is -1.89. The summed E-state index contributed by atoms with van der Waals surface area (Å²) < 4.78 is 15.3. The highest BCUT2D eigenvalue weighted by atomic mass is 16.5. The second kappa shape index (κ2) is 3.68. The van der Waals surface area contributed by atoms with Gasteiger partial charge < -0.3 is 19.2 Å². The Bertz CT molecular complexity index is 438. The summed E-state index contributed by atoms with van der Waals surface area (Å²) in [4.78, 5) is 7.20. The lowest BCUT2D eigenvalue weighted by Gasteiger charge is -2.05. The van der Waals surface area contributed by atoms with Gasteiger partial charge in [-0.2, -0.15) is 4.98 Å². The predicted molar refractivity (Wildman–Crippen MR) is 55.7 cm³/mol. The Kier molecular flexibility index (Phi) is 2.37. The Labute approximate surface area is 87.0 Å². The number of aromatic amines is 1. The lowest BCUT2D eigenvalue weighted by atomic mass is 10.3. The molecule has 1 N–H and O–H groups in total. The highest BCUT2D eigenvalue weighted by Gasteiger charge is 2.09. The molecule has 2 rings (SSSR count). The van der Waals surface area contributed by atoms with Crippen molar-refractivity contribution in [1.82, 2.24) is 9.97 Å². The Balaban J connectivity index is 2.61. The first-order chi connectivity index (χ1) is 7.28. The SMILES string of the molecule is COc1nc2cc(OC)c(OC)cc2[nH]1. The first-order valence-corrected chi connectivity index (χ1v) is 4.44. The molecule has 0 saturated carbocycles. The molecular weight excluding hydrogens is 196 g/mol. The Morgan fingerprint density at radius 2 is 1.67 bits per heavy atom. The third kappa shape index (κ3) is 1.56. The first-order valence-electron chi connectivity index (χ1n) is 4.44. The highest BCUT2D eigenvalue weighted by Crippen LogP contribution is 2.31. The van der Waals surface area contributed by atoms with Gasteiger partial charge in [0.05, 0.1) is 32.4 Å². The number of nitrogens with one attached hydrogen (secondary N) is 1. The largest absolute Gasteiger partial charge is 0.493 e. The Hall–Kier alpha value is -1.91. The molecular formula is C10H12N2O3. The fourth-order valence-corrected chi connectivity index (χ4v) is 1.41. The minimum absolute atomic E-state index is 0.473. The maximum Gasteiger partial charge on any atom is 0.294 e. The molecule has 1 aromatic carbocycles. The molecule has 2 aromatic rings. The van der Waals surface area contributed by atoms with Crippen molar-refractivity contribution in [2.24, 2.45) is 0 Å². The third-order valence-corrected chi connectivity index (χ3v) is 2.16. The molecule has 0 spiro atoms. The van der Waals surface area contributed by atoms with E-state index in [-0.39, 0.29) is 0 Å². The summed E-state index contributed by atoms with van der Waals surface area (Å²) in [6.07, 6.45) is 0. The van der Waals surface area contributed by atoms with Crippen LogP contribution in [0.3, 0.4) is 0 Å². The van der Waals surface area contributed by atoms with Gasteiger partial charge in [0.2, 0.25) is 0 Å². The van der Waals surface area contributed by atoms with Gasteiger partial charge in [-0.25, -0.2) is 0 Å². The smallest absolute Gasteiger partial charge is 0.294 e. The first kappa shape index (κ1) is 9.64. The molecule has 15 heavy (non-hydrogen) atoms. The van der Waals surface area contributed by atoms with Crippen LogP contribution in [0.25, 0.3) is 11.0 Å². The molecule has 0 amide bonds. The second-order valence-electron chi connectivity index (χ2n) is 2.97. The molecule has 0 saturated heterocycles. The second-order valence-corrected chi connectivity index (χ2v) is 2.97. The molecule has 1 aromatic heterocycles. The van der Waals surface area contributed by atoms with Crippen LogP contribution in [0, 0.1) is 0 Å². The van der Waals surface area contributed by atoms with Crippen LogP contribution in [-0.2, 0) is 0 Å². The van der Waals surface area contributed by atoms with Crippen molar-refractivity contribution in [3.8, 4) is 17.5 Å². The molecule has 80 valence electrons. The van der Waals surface area contributed by atoms with Crippen molar-refractivity contribution in [3.63, 3.8) is 0 Å². The summed E-state index contributed by atoms with van der Waals surface area (Å²) in [5, 5.41) is 0. The maximum atomic E-state index is 5.17. The maximum absolute atomic E-state index is 5.17. The molecule has 0 unspecified atom stereocenters. The zero-order valence-corrected chi connectivity index (χ0v) is 8.83. The molecule has 0 atom stereocenters.